The van der Waals surface area contributed by atoms with Gasteiger partial charge in [0.05, 0.1) is 0 Å². The Bertz CT molecular complexity index is 940. The van der Waals surface area contributed by atoms with Crippen LogP contribution < -0.4 is 16.0 Å². The minimum Gasteiger partial charge on any atom is -0.356 e. The molecule has 0 fully saturated rings. The van der Waals surface area contributed by atoms with E-state index in [1.54, 1.807) is 24.3 Å². The second-order valence-corrected chi connectivity index (χ2v) is 5.57. The summed E-state index contributed by atoms with van der Waals surface area (Å²) < 4.78 is 27.1. The minimum absolute atomic E-state index is 0.364. The Kier molecular flexibility index (Phi) is 5.41. The molecule has 0 saturated carbocycles. The number of benzene rings is 3. The Morgan fingerprint density at radius 2 is 1.11 bits per heavy atom. The number of hydrogen-bond acceptors (Lipinski definition) is 3. The largest absolute Gasteiger partial charge is 0.356 e. The lowest BCUT2D eigenvalue weighted by Crippen LogP contribution is -2.29. The van der Waals surface area contributed by atoms with Crippen molar-refractivity contribution >= 4 is 34.6 Å². The fourth-order valence-electron chi connectivity index (χ4n) is 2.30. The number of halogens is 2. The van der Waals surface area contributed by atoms with E-state index in [1.807, 2.05) is 35.6 Å². The first kappa shape index (κ1) is 18.1. The van der Waals surface area contributed by atoms with E-state index in [9.17, 15) is 18.4 Å². The van der Waals surface area contributed by atoms with E-state index in [1.165, 1.54) is 0 Å². The normalized spacial score (nSPS) is 10.1. The highest BCUT2D eigenvalue weighted by Crippen LogP contribution is 2.20. The lowest BCUT2D eigenvalue weighted by Gasteiger charge is -2.09. The molecule has 3 aromatic carbocycles. The van der Waals surface area contributed by atoms with Gasteiger partial charge in [0.2, 0.25) is 0 Å². The third-order valence-corrected chi connectivity index (χ3v) is 3.61. The van der Waals surface area contributed by atoms with Gasteiger partial charge in [-0.05, 0) is 48.5 Å². The standard InChI is InChI=1S/C20H15F2N3O2/c21-16-7-4-8-17(22)18(16)25-20(27)19(26)24-15-11-9-14(10-12-15)23-13-5-2-1-3-6-13/h1-12,23H,(H,24,26)(H,25,27). The summed E-state index contributed by atoms with van der Waals surface area (Å²) in [4.78, 5) is 23.8. The summed E-state index contributed by atoms with van der Waals surface area (Å²) in [5, 5.41) is 7.47. The first-order valence-corrected chi connectivity index (χ1v) is 8.01. The average Bonchev–Trinajstić information content (AvgIpc) is 2.67. The lowest BCUT2D eigenvalue weighted by atomic mass is 10.2. The fourth-order valence-corrected chi connectivity index (χ4v) is 2.30. The molecule has 0 radical (unpaired) electrons. The van der Waals surface area contributed by atoms with Gasteiger partial charge in [-0.3, -0.25) is 9.59 Å². The van der Waals surface area contributed by atoms with Crippen molar-refractivity contribution in [3.63, 3.8) is 0 Å². The Balaban J connectivity index is 1.61. The van der Waals surface area contributed by atoms with Crippen LogP contribution >= 0.6 is 0 Å². The number of anilines is 4. The highest BCUT2D eigenvalue weighted by molar-refractivity contribution is 6.43. The molecular formula is C20H15F2N3O2. The van der Waals surface area contributed by atoms with Gasteiger partial charge in [0.15, 0.2) is 0 Å². The Hall–Kier alpha value is -3.74. The van der Waals surface area contributed by atoms with Crippen LogP contribution in [0.4, 0.5) is 31.5 Å². The Labute approximate surface area is 154 Å². The fraction of sp³-hybridized carbons (Fsp3) is 0. The van der Waals surface area contributed by atoms with Crippen molar-refractivity contribution in [3.05, 3.63) is 84.4 Å². The molecule has 0 spiro atoms. The monoisotopic (exact) mass is 367 g/mol. The smallest absolute Gasteiger partial charge is 0.314 e. The van der Waals surface area contributed by atoms with Gasteiger partial charge in [0, 0.05) is 17.1 Å². The van der Waals surface area contributed by atoms with Gasteiger partial charge in [-0.15, -0.1) is 0 Å². The Morgan fingerprint density at radius 1 is 0.593 bits per heavy atom. The number of para-hydroxylation sites is 2. The summed E-state index contributed by atoms with van der Waals surface area (Å²) in [6.07, 6.45) is 0. The molecule has 0 atom stereocenters. The molecule has 3 aromatic rings. The van der Waals surface area contributed by atoms with Crippen LogP contribution in [0, 0.1) is 11.6 Å². The zero-order chi connectivity index (χ0) is 19.2. The number of carbonyl (C=O) groups excluding carboxylic acids is 2. The third kappa shape index (κ3) is 4.66. The van der Waals surface area contributed by atoms with Gasteiger partial charge < -0.3 is 16.0 Å². The van der Waals surface area contributed by atoms with Crippen molar-refractivity contribution < 1.29 is 18.4 Å². The van der Waals surface area contributed by atoms with Crippen molar-refractivity contribution in [2.45, 2.75) is 0 Å². The molecule has 0 aromatic heterocycles. The van der Waals surface area contributed by atoms with Gasteiger partial charge in [-0.2, -0.15) is 0 Å². The Morgan fingerprint density at radius 3 is 1.74 bits per heavy atom. The summed E-state index contributed by atoms with van der Waals surface area (Å²) in [6, 6.07) is 19.3. The zero-order valence-electron chi connectivity index (χ0n) is 14.0. The average molecular weight is 367 g/mol. The van der Waals surface area contributed by atoms with E-state index < -0.39 is 29.1 Å². The van der Waals surface area contributed by atoms with E-state index in [2.05, 4.69) is 10.6 Å². The molecule has 27 heavy (non-hydrogen) atoms. The highest BCUT2D eigenvalue weighted by Gasteiger charge is 2.18. The maximum Gasteiger partial charge on any atom is 0.314 e. The molecule has 0 aliphatic rings. The molecule has 7 heteroatoms. The maximum absolute atomic E-state index is 13.5. The third-order valence-electron chi connectivity index (χ3n) is 3.61. The van der Waals surface area contributed by atoms with Crippen LogP contribution in [0.2, 0.25) is 0 Å². The number of hydrogen-bond donors (Lipinski definition) is 3. The van der Waals surface area contributed by atoms with Crippen molar-refractivity contribution in [2.75, 3.05) is 16.0 Å². The molecule has 0 saturated heterocycles. The van der Waals surface area contributed by atoms with Crippen molar-refractivity contribution in [1.29, 1.82) is 0 Å². The van der Waals surface area contributed by atoms with Gasteiger partial charge in [0.25, 0.3) is 0 Å². The van der Waals surface area contributed by atoms with Crippen LogP contribution in [0.15, 0.2) is 72.8 Å². The molecule has 3 N–H and O–H groups in total. The predicted molar refractivity (Wildman–Crippen MR) is 99.8 cm³/mol. The minimum atomic E-state index is -1.18. The highest BCUT2D eigenvalue weighted by atomic mass is 19.1. The van der Waals surface area contributed by atoms with Crippen LogP contribution in [0.1, 0.15) is 0 Å². The number of carbonyl (C=O) groups is 2. The van der Waals surface area contributed by atoms with Crippen molar-refractivity contribution in [2.24, 2.45) is 0 Å². The summed E-state index contributed by atoms with van der Waals surface area (Å²) >= 11 is 0. The van der Waals surface area contributed by atoms with Gasteiger partial charge in [-0.25, -0.2) is 8.78 Å². The second-order valence-electron chi connectivity index (χ2n) is 5.57. The molecule has 0 bridgehead atoms. The lowest BCUT2D eigenvalue weighted by molar-refractivity contribution is -0.133. The summed E-state index contributed by atoms with van der Waals surface area (Å²) in [6.45, 7) is 0. The number of amides is 2. The molecule has 136 valence electrons. The first-order chi connectivity index (χ1) is 13.0. The molecule has 0 unspecified atom stereocenters. The van der Waals surface area contributed by atoms with Crippen LogP contribution in [0.5, 0.6) is 0 Å². The molecule has 2 amide bonds. The maximum atomic E-state index is 13.5. The van der Waals surface area contributed by atoms with Crippen molar-refractivity contribution in [3.8, 4) is 0 Å². The first-order valence-electron chi connectivity index (χ1n) is 8.01. The SMILES string of the molecule is O=C(Nc1ccc(Nc2ccccc2)cc1)C(=O)Nc1c(F)cccc1F. The van der Waals surface area contributed by atoms with E-state index >= 15 is 0 Å². The summed E-state index contributed by atoms with van der Waals surface area (Å²) in [7, 11) is 0. The number of rotatable bonds is 4. The van der Waals surface area contributed by atoms with Gasteiger partial charge in [0.1, 0.15) is 17.3 Å². The second kappa shape index (κ2) is 8.09. The molecule has 0 aliphatic carbocycles. The van der Waals surface area contributed by atoms with Gasteiger partial charge >= 0.3 is 11.8 Å². The molecule has 3 rings (SSSR count). The molecule has 0 heterocycles. The predicted octanol–water partition coefficient (Wildman–Crippen LogP) is 4.29. The van der Waals surface area contributed by atoms with E-state index in [0.717, 1.165) is 29.6 Å². The van der Waals surface area contributed by atoms with Gasteiger partial charge in [-0.1, -0.05) is 24.3 Å². The molecule has 5 nitrogen and oxygen atoms in total. The quantitative estimate of drug-likeness (QED) is 0.603. The van der Waals surface area contributed by atoms with E-state index in [-0.39, 0.29) is 0 Å². The van der Waals surface area contributed by atoms with Crippen LogP contribution in [-0.2, 0) is 9.59 Å². The number of nitrogens with one attached hydrogen (secondary N) is 3. The van der Waals surface area contributed by atoms with E-state index in [4.69, 9.17) is 0 Å². The van der Waals surface area contributed by atoms with E-state index in [0.29, 0.717) is 5.69 Å². The summed E-state index contributed by atoms with van der Waals surface area (Å²) in [5.41, 5.74) is 1.39. The van der Waals surface area contributed by atoms with Crippen LogP contribution in [-0.4, -0.2) is 11.8 Å². The van der Waals surface area contributed by atoms with Crippen LogP contribution in [0.3, 0.4) is 0 Å². The summed E-state index contributed by atoms with van der Waals surface area (Å²) in [5.74, 6) is -4.15. The van der Waals surface area contributed by atoms with Crippen molar-refractivity contribution in [1.82, 2.24) is 0 Å². The molecular weight excluding hydrogens is 352 g/mol. The van der Waals surface area contributed by atoms with Crippen LogP contribution in [0.25, 0.3) is 0 Å². The topological polar surface area (TPSA) is 70.2 Å². The zero-order valence-corrected chi connectivity index (χ0v) is 14.0. The molecule has 0 aliphatic heterocycles.